The van der Waals surface area contributed by atoms with E-state index < -0.39 is 17.9 Å². The number of hydrazone groups is 1. The Bertz CT molecular complexity index is 1140. The maximum Gasteiger partial charge on any atom is 0.177 e. The molecule has 2 aliphatic rings. The second-order valence-electron chi connectivity index (χ2n) is 6.80. The van der Waals surface area contributed by atoms with Crippen molar-refractivity contribution in [3.63, 3.8) is 0 Å². The Labute approximate surface area is 167 Å². The largest absolute Gasteiger partial charge is 0.297 e. The molecule has 7 nitrogen and oxygen atoms in total. The Balaban J connectivity index is 1.86. The number of carbonyl (C=O) groups excluding carboxylic acids is 2. The van der Waals surface area contributed by atoms with E-state index >= 15 is 0 Å². The second kappa shape index (κ2) is 7.14. The van der Waals surface area contributed by atoms with Gasteiger partial charge in [-0.2, -0.15) is 15.6 Å². The number of benzene rings is 2. The third-order valence-corrected chi connectivity index (χ3v) is 5.02. The van der Waals surface area contributed by atoms with Crippen LogP contribution in [0.3, 0.4) is 0 Å². The van der Waals surface area contributed by atoms with Gasteiger partial charge in [0.2, 0.25) is 0 Å². The lowest BCUT2D eigenvalue weighted by atomic mass is 9.79. The van der Waals surface area contributed by atoms with E-state index in [4.69, 9.17) is 10.3 Å². The lowest BCUT2D eigenvalue weighted by Gasteiger charge is -2.29. The van der Waals surface area contributed by atoms with Crippen molar-refractivity contribution in [2.24, 2.45) is 21.9 Å². The molecule has 4 rings (SSSR count). The number of anilines is 1. The smallest absolute Gasteiger partial charge is 0.177 e. The van der Waals surface area contributed by atoms with E-state index in [-0.39, 0.29) is 17.3 Å². The van der Waals surface area contributed by atoms with Crippen LogP contribution in [0.15, 0.2) is 64.7 Å². The summed E-state index contributed by atoms with van der Waals surface area (Å²) in [6, 6.07) is 19.1. The Hall–Kier alpha value is -4.10. The molecule has 7 heteroatoms. The van der Waals surface area contributed by atoms with Gasteiger partial charge in [0.25, 0.3) is 0 Å². The van der Waals surface area contributed by atoms with Gasteiger partial charge in [0, 0.05) is 6.92 Å². The quantitative estimate of drug-likeness (QED) is 0.812. The number of aliphatic imine (C=N–C) groups is 1. The van der Waals surface area contributed by atoms with Crippen LogP contribution in [-0.2, 0) is 9.59 Å². The minimum atomic E-state index is -1.04. The van der Waals surface area contributed by atoms with Crippen LogP contribution < -0.4 is 5.01 Å². The summed E-state index contributed by atoms with van der Waals surface area (Å²) in [5.41, 5.74) is 1.90. The van der Waals surface area contributed by atoms with Crippen LogP contribution in [0, 0.1) is 34.5 Å². The minimum Gasteiger partial charge on any atom is -0.297 e. The topological polar surface area (TPSA) is 110 Å². The first kappa shape index (κ1) is 18.3. The van der Waals surface area contributed by atoms with Gasteiger partial charge in [-0.15, -0.1) is 0 Å². The number of hydrogen-bond donors (Lipinski definition) is 0. The Morgan fingerprint density at radius 2 is 1.76 bits per heavy atom. The molecule has 0 fully saturated rings. The summed E-state index contributed by atoms with van der Waals surface area (Å²) < 4.78 is 0. The molecule has 0 N–H and O–H groups in total. The molecule has 2 heterocycles. The third kappa shape index (κ3) is 2.99. The van der Waals surface area contributed by atoms with Gasteiger partial charge in [0.15, 0.2) is 11.6 Å². The molecule has 0 amide bonds. The number of fused-ring (bicyclic) bond motifs is 1. The lowest BCUT2D eigenvalue weighted by molar-refractivity contribution is -0.123. The number of para-hydroxylation sites is 1. The van der Waals surface area contributed by atoms with E-state index in [1.807, 2.05) is 36.4 Å². The lowest BCUT2D eigenvalue weighted by Crippen LogP contribution is -2.44. The summed E-state index contributed by atoms with van der Waals surface area (Å²) in [5.74, 6) is -2.38. The molecule has 29 heavy (non-hydrogen) atoms. The molecule has 140 valence electrons. The zero-order valence-electron chi connectivity index (χ0n) is 15.5. The molecule has 2 aromatic rings. The van der Waals surface area contributed by atoms with Crippen LogP contribution >= 0.6 is 0 Å². The van der Waals surface area contributed by atoms with Crippen molar-refractivity contribution in [3.05, 3.63) is 65.7 Å². The van der Waals surface area contributed by atoms with E-state index in [2.05, 4.69) is 11.2 Å². The molecule has 2 aliphatic heterocycles. The Kier molecular flexibility index (Phi) is 4.50. The number of nitrogens with zero attached hydrogens (tertiary/aromatic N) is 5. The maximum atomic E-state index is 13.2. The number of rotatable bonds is 3. The van der Waals surface area contributed by atoms with E-state index in [0.717, 1.165) is 0 Å². The van der Waals surface area contributed by atoms with Crippen LogP contribution in [0.2, 0.25) is 0 Å². The number of carbonyl (C=O) groups is 2. The average Bonchev–Trinajstić information content (AvgIpc) is 3.14. The molecule has 0 aromatic heterocycles. The Morgan fingerprint density at radius 1 is 1.07 bits per heavy atom. The molecule has 0 spiro atoms. The molecule has 3 atom stereocenters. The van der Waals surface area contributed by atoms with E-state index in [0.29, 0.717) is 22.6 Å². The standard InChI is InChI=1S/C22H15N5O2/c1-13(28)19-18-21(29)17(12-24)20(15-9-7-14(11-23)8-10-15)25-22(18)27(26-19)16-5-3-2-4-6-16/h2-10,17-18,20H,1H3. The van der Waals surface area contributed by atoms with Gasteiger partial charge < -0.3 is 0 Å². The normalized spacial score (nSPS) is 22.8. The van der Waals surface area contributed by atoms with Crippen LogP contribution in [0.5, 0.6) is 0 Å². The van der Waals surface area contributed by atoms with Crippen molar-refractivity contribution in [1.82, 2.24) is 0 Å². The summed E-state index contributed by atoms with van der Waals surface area (Å²) in [4.78, 5) is 30.1. The molecule has 0 saturated heterocycles. The van der Waals surface area contributed by atoms with Crippen LogP contribution in [0.4, 0.5) is 5.69 Å². The number of ketones is 2. The highest BCUT2D eigenvalue weighted by Crippen LogP contribution is 2.38. The van der Waals surface area contributed by atoms with Gasteiger partial charge in [0.05, 0.1) is 29.4 Å². The first-order valence-corrected chi connectivity index (χ1v) is 9.01. The summed E-state index contributed by atoms with van der Waals surface area (Å²) >= 11 is 0. The molecule has 0 radical (unpaired) electrons. The number of hydrogen-bond acceptors (Lipinski definition) is 7. The highest BCUT2D eigenvalue weighted by molar-refractivity contribution is 6.51. The van der Waals surface area contributed by atoms with Crippen LogP contribution in [0.25, 0.3) is 0 Å². The molecule has 0 saturated carbocycles. The predicted molar refractivity (Wildman–Crippen MR) is 106 cm³/mol. The molecular formula is C22H15N5O2. The van der Waals surface area contributed by atoms with Crippen molar-refractivity contribution >= 4 is 28.8 Å². The fourth-order valence-corrected chi connectivity index (χ4v) is 3.59. The van der Waals surface area contributed by atoms with Gasteiger partial charge >= 0.3 is 0 Å². The SMILES string of the molecule is CC(=O)C1=NN(c2ccccc2)C2=NC(c3ccc(C#N)cc3)C(C#N)C(=O)C12. The zero-order valence-corrected chi connectivity index (χ0v) is 15.5. The fourth-order valence-electron chi connectivity index (χ4n) is 3.59. The summed E-state index contributed by atoms with van der Waals surface area (Å²) in [7, 11) is 0. The third-order valence-electron chi connectivity index (χ3n) is 5.02. The van der Waals surface area contributed by atoms with Crippen LogP contribution in [0.1, 0.15) is 24.1 Å². The van der Waals surface area contributed by atoms with E-state index in [1.165, 1.54) is 11.9 Å². The minimum absolute atomic E-state index is 0.0936. The van der Waals surface area contributed by atoms with Crippen molar-refractivity contribution in [2.45, 2.75) is 13.0 Å². The number of Topliss-reactive ketones (excluding diaryl/α,β-unsaturated/α-hetero) is 2. The van der Waals surface area contributed by atoms with Gasteiger partial charge in [-0.25, -0.2) is 5.01 Å². The average molecular weight is 381 g/mol. The molecule has 2 aromatic carbocycles. The summed E-state index contributed by atoms with van der Waals surface area (Å²) in [6.45, 7) is 1.35. The van der Waals surface area contributed by atoms with Crippen LogP contribution in [-0.4, -0.2) is 23.1 Å². The number of amidine groups is 1. The summed E-state index contributed by atoms with van der Waals surface area (Å²) in [6.07, 6.45) is 0. The van der Waals surface area contributed by atoms with Gasteiger partial charge in [-0.3, -0.25) is 14.6 Å². The van der Waals surface area contributed by atoms with Gasteiger partial charge in [-0.1, -0.05) is 30.3 Å². The molecule has 0 aliphatic carbocycles. The van der Waals surface area contributed by atoms with Crippen molar-refractivity contribution in [3.8, 4) is 12.1 Å². The van der Waals surface area contributed by atoms with Crippen molar-refractivity contribution in [1.29, 1.82) is 10.5 Å². The monoisotopic (exact) mass is 381 g/mol. The van der Waals surface area contributed by atoms with Crippen molar-refractivity contribution < 1.29 is 9.59 Å². The van der Waals surface area contributed by atoms with Gasteiger partial charge in [0.1, 0.15) is 23.4 Å². The predicted octanol–water partition coefficient (Wildman–Crippen LogP) is 2.80. The van der Waals surface area contributed by atoms with E-state index in [1.54, 1.807) is 24.3 Å². The first-order chi connectivity index (χ1) is 14.0. The number of nitriles is 2. The Morgan fingerprint density at radius 3 is 2.34 bits per heavy atom. The molecule has 0 bridgehead atoms. The molecular weight excluding hydrogens is 366 g/mol. The zero-order chi connectivity index (χ0) is 20.5. The van der Waals surface area contributed by atoms with E-state index in [9.17, 15) is 14.9 Å². The molecule has 3 unspecified atom stereocenters. The summed E-state index contributed by atoms with van der Waals surface area (Å²) in [5, 5.41) is 24.6. The van der Waals surface area contributed by atoms with Gasteiger partial charge in [-0.05, 0) is 29.8 Å². The highest BCUT2D eigenvalue weighted by Gasteiger charge is 2.50. The second-order valence-corrected chi connectivity index (χ2v) is 6.80. The fraction of sp³-hybridized carbons (Fsp3) is 0.182. The van der Waals surface area contributed by atoms with Crippen molar-refractivity contribution in [2.75, 3.05) is 5.01 Å². The maximum absolute atomic E-state index is 13.2. The highest BCUT2D eigenvalue weighted by atomic mass is 16.1. The first-order valence-electron chi connectivity index (χ1n) is 9.01.